The number of fused-ring (bicyclic) bond motifs is 3. The lowest BCUT2D eigenvalue weighted by molar-refractivity contribution is -0.136. The van der Waals surface area contributed by atoms with E-state index in [1.807, 2.05) is 12.1 Å². The second-order valence-electron chi connectivity index (χ2n) is 10.9. The van der Waals surface area contributed by atoms with Gasteiger partial charge in [0, 0.05) is 34.5 Å². The van der Waals surface area contributed by atoms with Gasteiger partial charge in [0.2, 0.25) is 0 Å². The number of carbonyl (C=O) groups excluding carboxylic acids is 1. The molecule has 1 aromatic heterocycles. The zero-order valence-electron chi connectivity index (χ0n) is 22.7. The van der Waals surface area contributed by atoms with Crippen molar-refractivity contribution in [1.29, 1.82) is 0 Å². The van der Waals surface area contributed by atoms with Crippen LogP contribution in [0.25, 0.3) is 11.1 Å². The van der Waals surface area contributed by atoms with Crippen molar-refractivity contribution in [2.75, 3.05) is 11.4 Å². The number of carboxylic acids is 1. The molecule has 8 heteroatoms. The number of anilines is 2. The number of thiazole rings is 1. The number of halogens is 1. The van der Waals surface area contributed by atoms with E-state index in [0.29, 0.717) is 18.0 Å². The van der Waals surface area contributed by atoms with Crippen LogP contribution in [-0.4, -0.2) is 33.9 Å². The SMILES string of the molecule is O=C(O)CCNC(=O)c1ccc(N(Cc2ccc3c(c2)Cc2ccccc2-3)c2nc(C3CCC(Cl)CC3)cs2)cc1. The van der Waals surface area contributed by atoms with E-state index >= 15 is 0 Å². The fourth-order valence-corrected chi connectivity index (χ4v) is 7.04. The van der Waals surface area contributed by atoms with Gasteiger partial charge in [-0.05, 0) is 84.2 Å². The molecule has 4 aromatic rings. The Bertz CT molecular complexity index is 1560. The molecule has 0 atom stereocenters. The lowest BCUT2D eigenvalue weighted by atomic mass is 9.87. The Morgan fingerprint density at radius 1 is 0.976 bits per heavy atom. The van der Waals surface area contributed by atoms with E-state index in [1.54, 1.807) is 23.5 Å². The summed E-state index contributed by atoms with van der Waals surface area (Å²) < 4.78 is 0. The fraction of sp³-hybridized carbons (Fsp3) is 0.303. The predicted octanol–water partition coefficient (Wildman–Crippen LogP) is 7.52. The predicted molar refractivity (Wildman–Crippen MR) is 165 cm³/mol. The smallest absolute Gasteiger partial charge is 0.305 e. The van der Waals surface area contributed by atoms with Gasteiger partial charge in [0.25, 0.3) is 5.91 Å². The maximum absolute atomic E-state index is 12.5. The van der Waals surface area contributed by atoms with Crippen molar-refractivity contribution in [3.8, 4) is 11.1 Å². The van der Waals surface area contributed by atoms with Gasteiger partial charge in [-0.2, -0.15) is 0 Å². The Kier molecular flexibility index (Phi) is 8.08. The summed E-state index contributed by atoms with van der Waals surface area (Å²) in [7, 11) is 0. The van der Waals surface area contributed by atoms with Gasteiger partial charge in [-0.1, -0.05) is 42.5 Å². The summed E-state index contributed by atoms with van der Waals surface area (Å²) in [6, 6.07) is 22.8. The number of hydrogen-bond donors (Lipinski definition) is 2. The molecule has 1 fully saturated rings. The van der Waals surface area contributed by atoms with E-state index in [-0.39, 0.29) is 24.2 Å². The zero-order valence-corrected chi connectivity index (χ0v) is 24.3. The molecule has 0 unspecified atom stereocenters. The Labute approximate surface area is 249 Å². The van der Waals surface area contributed by atoms with Crippen LogP contribution in [0.2, 0.25) is 0 Å². The molecule has 2 aliphatic carbocycles. The van der Waals surface area contributed by atoms with E-state index in [1.165, 1.54) is 27.8 Å². The number of benzene rings is 3. The summed E-state index contributed by atoms with van der Waals surface area (Å²) >= 11 is 8.01. The van der Waals surface area contributed by atoms with Crippen molar-refractivity contribution in [3.63, 3.8) is 0 Å². The molecular weight excluding hydrogens is 554 g/mol. The Hall–Kier alpha value is -3.68. The van der Waals surface area contributed by atoms with Gasteiger partial charge < -0.3 is 15.3 Å². The Morgan fingerprint density at radius 2 is 1.73 bits per heavy atom. The van der Waals surface area contributed by atoms with Crippen LogP contribution in [0.3, 0.4) is 0 Å². The van der Waals surface area contributed by atoms with Crippen LogP contribution < -0.4 is 10.2 Å². The van der Waals surface area contributed by atoms with Gasteiger partial charge in [-0.25, -0.2) is 4.98 Å². The molecule has 41 heavy (non-hydrogen) atoms. The normalized spacial score (nSPS) is 17.5. The monoisotopic (exact) mass is 585 g/mol. The largest absolute Gasteiger partial charge is 0.481 e. The lowest BCUT2D eigenvalue weighted by Crippen LogP contribution is -2.26. The summed E-state index contributed by atoms with van der Waals surface area (Å²) in [6.07, 6.45) is 5.01. The van der Waals surface area contributed by atoms with Crippen molar-refractivity contribution in [2.24, 2.45) is 0 Å². The first kappa shape index (κ1) is 27.5. The Morgan fingerprint density at radius 3 is 2.51 bits per heavy atom. The van der Waals surface area contributed by atoms with Crippen LogP contribution in [0.5, 0.6) is 0 Å². The Balaban J connectivity index is 1.26. The first-order valence-corrected chi connectivity index (χ1v) is 15.4. The topological polar surface area (TPSA) is 82.5 Å². The number of aliphatic carboxylic acids is 1. The maximum atomic E-state index is 12.5. The van der Waals surface area contributed by atoms with Crippen molar-refractivity contribution < 1.29 is 14.7 Å². The van der Waals surface area contributed by atoms with Crippen molar-refractivity contribution in [2.45, 2.75) is 56.4 Å². The maximum Gasteiger partial charge on any atom is 0.305 e. The van der Waals surface area contributed by atoms with E-state index < -0.39 is 5.97 Å². The molecular formula is C33H32ClN3O3S. The summed E-state index contributed by atoms with van der Waals surface area (Å²) in [6.45, 7) is 0.743. The fourth-order valence-electron chi connectivity index (χ4n) is 5.86. The minimum atomic E-state index is -0.940. The number of carbonyl (C=O) groups is 2. The second kappa shape index (κ2) is 12.0. The summed E-state index contributed by atoms with van der Waals surface area (Å²) in [5.74, 6) is -0.786. The number of nitrogens with zero attached hydrogens (tertiary/aromatic N) is 2. The average molecular weight is 586 g/mol. The third kappa shape index (κ3) is 6.16. The van der Waals surface area contributed by atoms with Crippen LogP contribution in [-0.2, 0) is 17.8 Å². The summed E-state index contributed by atoms with van der Waals surface area (Å²) in [5, 5.41) is 14.9. The number of carboxylic acid groups (broad SMARTS) is 1. The average Bonchev–Trinajstić information content (AvgIpc) is 3.61. The van der Waals surface area contributed by atoms with E-state index in [2.05, 4.69) is 58.1 Å². The van der Waals surface area contributed by atoms with Gasteiger partial charge in [0.05, 0.1) is 18.7 Å². The molecule has 210 valence electrons. The molecule has 0 aliphatic heterocycles. The number of alkyl halides is 1. The van der Waals surface area contributed by atoms with Crippen LogP contribution in [0.1, 0.15) is 70.8 Å². The minimum Gasteiger partial charge on any atom is -0.481 e. The quantitative estimate of drug-likeness (QED) is 0.175. The van der Waals surface area contributed by atoms with Gasteiger partial charge in [-0.3, -0.25) is 9.59 Å². The number of aromatic nitrogens is 1. The molecule has 1 saturated carbocycles. The molecule has 2 aliphatic rings. The van der Waals surface area contributed by atoms with E-state index in [0.717, 1.165) is 48.6 Å². The first-order valence-electron chi connectivity index (χ1n) is 14.1. The van der Waals surface area contributed by atoms with Crippen LogP contribution >= 0.6 is 22.9 Å². The summed E-state index contributed by atoms with van der Waals surface area (Å²) in [5.41, 5.74) is 9.11. The molecule has 2 N–H and O–H groups in total. The third-order valence-corrected chi connectivity index (χ3v) is 9.40. The number of nitrogens with one attached hydrogen (secondary N) is 1. The number of hydrogen-bond acceptors (Lipinski definition) is 5. The molecule has 1 heterocycles. The van der Waals surface area contributed by atoms with Crippen LogP contribution in [0.15, 0.2) is 72.1 Å². The molecule has 0 spiro atoms. The zero-order chi connectivity index (χ0) is 28.3. The molecule has 6 rings (SSSR count). The van der Waals surface area contributed by atoms with Crippen molar-refractivity contribution >= 4 is 45.6 Å². The lowest BCUT2D eigenvalue weighted by Gasteiger charge is -2.24. The molecule has 3 aromatic carbocycles. The highest BCUT2D eigenvalue weighted by Crippen LogP contribution is 2.40. The van der Waals surface area contributed by atoms with Gasteiger partial charge in [0.1, 0.15) is 0 Å². The highest BCUT2D eigenvalue weighted by atomic mass is 35.5. The number of rotatable bonds is 9. The molecule has 6 nitrogen and oxygen atoms in total. The van der Waals surface area contributed by atoms with Crippen LogP contribution in [0.4, 0.5) is 10.8 Å². The molecule has 0 bridgehead atoms. The van der Waals surface area contributed by atoms with Gasteiger partial charge in [-0.15, -0.1) is 22.9 Å². The summed E-state index contributed by atoms with van der Waals surface area (Å²) in [4.78, 5) is 30.7. The highest BCUT2D eigenvalue weighted by molar-refractivity contribution is 7.13. The first-order chi connectivity index (χ1) is 19.9. The van der Waals surface area contributed by atoms with Gasteiger partial charge >= 0.3 is 5.97 Å². The van der Waals surface area contributed by atoms with E-state index in [9.17, 15) is 9.59 Å². The molecule has 0 saturated heterocycles. The van der Waals surface area contributed by atoms with E-state index in [4.69, 9.17) is 21.7 Å². The number of amides is 1. The van der Waals surface area contributed by atoms with Crippen molar-refractivity contribution in [3.05, 3.63) is 100 Å². The minimum absolute atomic E-state index is 0.0950. The molecule has 0 radical (unpaired) electrons. The van der Waals surface area contributed by atoms with Gasteiger partial charge in [0.15, 0.2) is 5.13 Å². The second-order valence-corrected chi connectivity index (χ2v) is 12.3. The van der Waals surface area contributed by atoms with Crippen molar-refractivity contribution in [1.82, 2.24) is 10.3 Å². The third-order valence-electron chi connectivity index (χ3n) is 8.08. The standard InChI is InChI=1S/C33H32ClN3O3S/c34-26-10-6-22(7-11-26)30-20-41-33(36-30)37(27-12-8-23(9-13-27)32(40)35-16-15-31(38)39)19-21-5-14-29-25(17-21)18-24-3-1-2-4-28(24)29/h1-5,8-9,12-14,17,20,22,26H,6-7,10-11,15-16,18-19H2,(H,35,40)(H,38,39). The molecule has 1 amide bonds. The van der Waals surface area contributed by atoms with Crippen LogP contribution in [0, 0.1) is 0 Å². The highest BCUT2D eigenvalue weighted by Gasteiger charge is 2.25.